The molecule has 0 bridgehead atoms. The average Bonchev–Trinajstić information content (AvgIpc) is 2.67. The van der Waals surface area contributed by atoms with Gasteiger partial charge in [-0.05, 0) is 57.4 Å². The topological polar surface area (TPSA) is 65.4 Å². The van der Waals surface area contributed by atoms with Crippen LogP contribution in [0.1, 0.15) is 38.7 Å². The normalized spacial score (nSPS) is 17.7. The number of nitriles is 1. The second-order valence-electron chi connectivity index (χ2n) is 6.20. The van der Waals surface area contributed by atoms with E-state index in [-0.39, 0.29) is 6.10 Å². The molecule has 1 unspecified atom stereocenters. The van der Waals surface area contributed by atoms with Crippen molar-refractivity contribution in [1.29, 1.82) is 5.26 Å². The molecule has 2 rings (SSSR count). The molecule has 0 spiro atoms. The van der Waals surface area contributed by atoms with E-state index < -0.39 is 0 Å². The standard InChI is InChI=1S/C20H25N3O2S/c1-15(22-14-24)16(2)26-17(3)23(13-20-6-4-5-11-25-20)19-9-7-18(12-21)8-10-19/h7-10,14,20H,3-6,11,13H2,1-2H3,(H,22,24)/b16-15+. The minimum Gasteiger partial charge on any atom is -0.376 e. The Kier molecular flexibility index (Phi) is 7.76. The first-order chi connectivity index (χ1) is 12.5. The van der Waals surface area contributed by atoms with Crippen LogP contribution in [0.2, 0.25) is 0 Å². The van der Waals surface area contributed by atoms with Gasteiger partial charge in [0.1, 0.15) is 0 Å². The first kappa shape index (κ1) is 20.1. The number of carbonyl (C=O) groups excluding carboxylic acids is 1. The average molecular weight is 372 g/mol. The van der Waals surface area contributed by atoms with Crippen molar-refractivity contribution in [3.05, 3.63) is 52.0 Å². The van der Waals surface area contributed by atoms with Crippen molar-refractivity contribution >= 4 is 23.9 Å². The Balaban J connectivity index is 2.20. The van der Waals surface area contributed by atoms with E-state index in [1.54, 1.807) is 0 Å². The minimum absolute atomic E-state index is 0.162. The fourth-order valence-corrected chi connectivity index (χ4v) is 3.58. The Morgan fingerprint density at radius 3 is 2.73 bits per heavy atom. The third kappa shape index (κ3) is 5.65. The number of carbonyl (C=O) groups is 1. The number of allylic oxidation sites excluding steroid dienone is 2. The van der Waals surface area contributed by atoms with E-state index in [1.165, 1.54) is 18.2 Å². The van der Waals surface area contributed by atoms with Gasteiger partial charge in [0, 0.05) is 29.4 Å². The van der Waals surface area contributed by atoms with E-state index in [0.717, 1.165) is 40.8 Å². The number of benzene rings is 1. The highest BCUT2D eigenvalue weighted by Gasteiger charge is 2.21. The predicted octanol–water partition coefficient (Wildman–Crippen LogP) is 4.14. The molecule has 1 saturated heterocycles. The van der Waals surface area contributed by atoms with E-state index >= 15 is 0 Å². The molecule has 1 N–H and O–H groups in total. The molecule has 1 atom stereocenters. The van der Waals surface area contributed by atoms with E-state index in [9.17, 15) is 4.79 Å². The van der Waals surface area contributed by atoms with Crippen molar-refractivity contribution in [3.8, 4) is 6.07 Å². The smallest absolute Gasteiger partial charge is 0.211 e. The number of anilines is 1. The van der Waals surface area contributed by atoms with Crippen LogP contribution in [0.4, 0.5) is 5.69 Å². The lowest BCUT2D eigenvalue weighted by atomic mass is 10.1. The first-order valence-electron chi connectivity index (χ1n) is 8.69. The molecule has 0 radical (unpaired) electrons. The molecule has 5 nitrogen and oxygen atoms in total. The van der Waals surface area contributed by atoms with Crippen LogP contribution < -0.4 is 10.2 Å². The Bertz CT molecular complexity index is 701. The summed E-state index contributed by atoms with van der Waals surface area (Å²) in [6.45, 7) is 9.57. The number of ether oxygens (including phenoxy) is 1. The van der Waals surface area contributed by atoms with E-state index in [2.05, 4.69) is 22.9 Å². The Labute approximate surface area is 159 Å². The third-order valence-electron chi connectivity index (χ3n) is 4.34. The number of hydrogen-bond acceptors (Lipinski definition) is 5. The molecular formula is C20H25N3O2S. The van der Waals surface area contributed by atoms with Gasteiger partial charge >= 0.3 is 0 Å². The maximum atomic E-state index is 10.7. The molecule has 1 heterocycles. The molecule has 1 fully saturated rings. The number of nitrogens with zero attached hydrogens (tertiary/aromatic N) is 2. The van der Waals surface area contributed by atoms with Gasteiger partial charge in [-0.3, -0.25) is 4.79 Å². The molecule has 0 aliphatic carbocycles. The monoisotopic (exact) mass is 371 g/mol. The van der Waals surface area contributed by atoms with E-state index in [4.69, 9.17) is 10.00 Å². The fraction of sp³-hybridized carbons (Fsp3) is 0.400. The molecule has 1 amide bonds. The molecule has 138 valence electrons. The van der Waals surface area contributed by atoms with Crippen molar-refractivity contribution in [3.63, 3.8) is 0 Å². The van der Waals surface area contributed by atoms with Crippen LogP contribution in [-0.2, 0) is 9.53 Å². The SMILES string of the molecule is C=C(S/C(C)=C(\C)NC=O)N(CC1CCCCO1)c1ccc(C#N)cc1. The van der Waals surface area contributed by atoms with Crippen LogP contribution in [0.25, 0.3) is 0 Å². The summed E-state index contributed by atoms with van der Waals surface area (Å²) < 4.78 is 5.90. The number of hydrogen-bond donors (Lipinski definition) is 1. The van der Waals surface area contributed by atoms with Crippen molar-refractivity contribution in [2.24, 2.45) is 0 Å². The summed E-state index contributed by atoms with van der Waals surface area (Å²) in [5.74, 6) is 0. The predicted molar refractivity (Wildman–Crippen MR) is 106 cm³/mol. The van der Waals surface area contributed by atoms with Crippen molar-refractivity contribution < 1.29 is 9.53 Å². The zero-order valence-corrected chi connectivity index (χ0v) is 16.1. The Hall–Kier alpha value is -2.23. The number of rotatable bonds is 8. The lowest BCUT2D eigenvalue weighted by Gasteiger charge is -2.32. The Morgan fingerprint density at radius 1 is 1.42 bits per heavy atom. The van der Waals surface area contributed by atoms with Crippen LogP contribution in [-0.4, -0.2) is 25.7 Å². The number of thioether (sulfide) groups is 1. The molecule has 26 heavy (non-hydrogen) atoms. The highest BCUT2D eigenvalue weighted by Crippen LogP contribution is 2.33. The van der Waals surface area contributed by atoms with Crippen LogP contribution >= 0.6 is 11.8 Å². The van der Waals surface area contributed by atoms with Crippen LogP contribution in [0.5, 0.6) is 0 Å². The quantitative estimate of drug-likeness (QED) is 0.696. The minimum atomic E-state index is 0.162. The molecule has 0 aromatic heterocycles. The van der Waals surface area contributed by atoms with Gasteiger partial charge in [-0.25, -0.2) is 0 Å². The Morgan fingerprint density at radius 2 is 2.15 bits per heavy atom. The van der Waals surface area contributed by atoms with Gasteiger partial charge in [0.25, 0.3) is 0 Å². The number of nitrogens with one attached hydrogen (secondary N) is 1. The second kappa shape index (κ2) is 10.0. The number of amides is 1. The summed E-state index contributed by atoms with van der Waals surface area (Å²) in [7, 11) is 0. The van der Waals surface area contributed by atoms with Gasteiger partial charge in [0.05, 0.1) is 22.8 Å². The summed E-state index contributed by atoms with van der Waals surface area (Å²) in [5, 5.41) is 12.6. The van der Waals surface area contributed by atoms with Gasteiger partial charge < -0.3 is 15.0 Å². The van der Waals surface area contributed by atoms with Gasteiger partial charge in [0.15, 0.2) is 0 Å². The largest absolute Gasteiger partial charge is 0.376 e. The summed E-state index contributed by atoms with van der Waals surface area (Å²) in [5.41, 5.74) is 2.41. The highest BCUT2D eigenvalue weighted by atomic mass is 32.2. The zero-order valence-electron chi connectivity index (χ0n) is 15.3. The van der Waals surface area contributed by atoms with Crippen LogP contribution in [0, 0.1) is 11.3 Å². The lowest BCUT2D eigenvalue weighted by molar-refractivity contribution is -0.108. The summed E-state index contributed by atoms with van der Waals surface area (Å²) in [6.07, 6.45) is 4.16. The van der Waals surface area contributed by atoms with Gasteiger partial charge in [-0.2, -0.15) is 5.26 Å². The van der Waals surface area contributed by atoms with E-state index in [0.29, 0.717) is 18.5 Å². The first-order valence-corrected chi connectivity index (χ1v) is 9.50. The summed E-state index contributed by atoms with van der Waals surface area (Å²) >= 11 is 1.52. The molecule has 0 saturated carbocycles. The van der Waals surface area contributed by atoms with Gasteiger partial charge in [-0.15, -0.1) is 0 Å². The summed E-state index contributed by atoms with van der Waals surface area (Å²) in [4.78, 5) is 13.8. The van der Waals surface area contributed by atoms with Crippen molar-refractivity contribution in [2.45, 2.75) is 39.2 Å². The molecule has 1 aliphatic rings. The van der Waals surface area contributed by atoms with Crippen molar-refractivity contribution in [1.82, 2.24) is 5.32 Å². The maximum Gasteiger partial charge on any atom is 0.211 e. The lowest BCUT2D eigenvalue weighted by Crippen LogP contribution is -2.34. The van der Waals surface area contributed by atoms with Gasteiger partial charge in [0.2, 0.25) is 6.41 Å². The molecule has 1 aliphatic heterocycles. The van der Waals surface area contributed by atoms with Gasteiger partial charge in [-0.1, -0.05) is 18.3 Å². The summed E-state index contributed by atoms with van der Waals surface area (Å²) in [6, 6.07) is 9.63. The highest BCUT2D eigenvalue weighted by molar-refractivity contribution is 8.06. The second-order valence-corrected chi connectivity index (χ2v) is 7.48. The molecular weight excluding hydrogens is 346 g/mol. The maximum absolute atomic E-state index is 10.7. The molecule has 1 aromatic rings. The zero-order chi connectivity index (χ0) is 18.9. The van der Waals surface area contributed by atoms with Crippen LogP contribution in [0.15, 0.2) is 46.5 Å². The third-order valence-corrected chi connectivity index (χ3v) is 5.41. The molecule has 1 aromatic carbocycles. The van der Waals surface area contributed by atoms with Crippen LogP contribution in [0.3, 0.4) is 0 Å². The fourth-order valence-electron chi connectivity index (χ4n) is 2.72. The van der Waals surface area contributed by atoms with E-state index in [1.807, 2.05) is 38.1 Å². The molecule has 6 heteroatoms. The van der Waals surface area contributed by atoms with Crippen molar-refractivity contribution in [2.75, 3.05) is 18.1 Å².